The zero-order valence-electron chi connectivity index (χ0n) is 8.66. The van der Waals surface area contributed by atoms with Crippen LogP contribution in [0.25, 0.3) is 0 Å². The number of aromatic nitrogens is 1. The number of aliphatic hydroxyl groups is 1. The molecule has 1 aromatic heterocycles. The Kier molecular flexibility index (Phi) is 3.72. The Morgan fingerprint density at radius 3 is 2.86 bits per heavy atom. The van der Waals surface area contributed by atoms with Gasteiger partial charge in [0.1, 0.15) is 0 Å². The van der Waals surface area contributed by atoms with Crippen LogP contribution in [-0.2, 0) is 0 Å². The maximum absolute atomic E-state index is 9.24. The first-order valence-electron chi connectivity index (χ1n) is 4.52. The van der Waals surface area contributed by atoms with Crippen molar-refractivity contribution in [3.63, 3.8) is 0 Å². The van der Waals surface area contributed by atoms with E-state index in [0.717, 1.165) is 11.4 Å². The summed E-state index contributed by atoms with van der Waals surface area (Å²) >= 11 is 6.09. The first kappa shape index (κ1) is 11.3. The van der Waals surface area contributed by atoms with Crippen molar-refractivity contribution in [2.24, 2.45) is 0 Å². The van der Waals surface area contributed by atoms with Crippen LogP contribution in [0.2, 0.25) is 5.02 Å². The molecule has 0 amide bonds. The lowest BCUT2D eigenvalue weighted by atomic mass is 10.3. The highest BCUT2D eigenvalue weighted by atomic mass is 35.5. The number of nitrogens with zero attached hydrogens (tertiary/aromatic N) is 2. The average Bonchev–Trinajstić information content (AvgIpc) is 2.08. The predicted molar refractivity (Wildman–Crippen MR) is 58.9 cm³/mol. The first-order valence-corrected chi connectivity index (χ1v) is 4.90. The lowest BCUT2D eigenvalue weighted by Crippen LogP contribution is -2.27. The van der Waals surface area contributed by atoms with Crippen LogP contribution in [-0.4, -0.2) is 29.8 Å². The van der Waals surface area contributed by atoms with E-state index in [-0.39, 0.29) is 6.10 Å². The van der Waals surface area contributed by atoms with Crippen LogP contribution in [0.3, 0.4) is 0 Å². The highest BCUT2D eigenvalue weighted by Crippen LogP contribution is 2.26. The second-order valence-electron chi connectivity index (χ2n) is 3.46. The zero-order chi connectivity index (χ0) is 10.7. The minimum atomic E-state index is -0.371. The molecule has 1 atom stereocenters. The van der Waals surface area contributed by atoms with Gasteiger partial charge in [-0.3, -0.25) is 4.98 Å². The second kappa shape index (κ2) is 4.62. The maximum Gasteiger partial charge on any atom is 0.0851 e. The molecule has 0 aliphatic carbocycles. The molecule has 0 aliphatic heterocycles. The Balaban J connectivity index is 2.89. The number of pyridine rings is 1. The van der Waals surface area contributed by atoms with Gasteiger partial charge in [-0.1, -0.05) is 11.6 Å². The molecule has 78 valence electrons. The number of rotatable bonds is 3. The van der Waals surface area contributed by atoms with Crippen LogP contribution < -0.4 is 4.90 Å². The number of anilines is 1. The molecule has 3 nitrogen and oxygen atoms in total. The van der Waals surface area contributed by atoms with Gasteiger partial charge in [-0.25, -0.2) is 0 Å². The van der Waals surface area contributed by atoms with Gasteiger partial charge in [0.2, 0.25) is 0 Å². The van der Waals surface area contributed by atoms with Gasteiger partial charge in [0.25, 0.3) is 0 Å². The van der Waals surface area contributed by atoms with Crippen LogP contribution >= 0.6 is 11.6 Å². The summed E-state index contributed by atoms with van der Waals surface area (Å²) in [4.78, 5) is 6.00. The van der Waals surface area contributed by atoms with E-state index in [2.05, 4.69) is 4.98 Å². The van der Waals surface area contributed by atoms with Crippen LogP contribution in [0, 0.1) is 6.92 Å². The third kappa shape index (κ3) is 2.59. The van der Waals surface area contributed by atoms with E-state index in [4.69, 9.17) is 11.6 Å². The molecule has 0 saturated heterocycles. The van der Waals surface area contributed by atoms with Crippen molar-refractivity contribution < 1.29 is 5.11 Å². The van der Waals surface area contributed by atoms with Gasteiger partial charge in [0.15, 0.2) is 0 Å². The summed E-state index contributed by atoms with van der Waals surface area (Å²) in [6, 6.07) is 1.84. The molecule has 0 saturated carbocycles. The molecule has 1 N–H and O–H groups in total. The SMILES string of the molecule is Cc1nccc(N(C)CC(C)O)c1Cl. The molecule has 0 spiro atoms. The third-order valence-corrected chi connectivity index (χ3v) is 2.46. The van der Waals surface area contributed by atoms with Crippen molar-refractivity contribution >= 4 is 17.3 Å². The standard InChI is InChI=1S/C10H15ClN2O/c1-7(14)6-13(3)9-4-5-12-8(2)10(9)11/h4-5,7,14H,6H2,1-3H3. The summed E-state index contributed by atoms with van der Waals surface area (Å²) < 4.78 is 0. The van der Waals surface area contributed by atoms with E-state index in [0.29, 0.717) is 11.6 Å². The topological polar surface area (TPSA) is 36.4 Å². The number of aliphatic hydroxyl groups excluding tert-OH is 1. The minimum absolute atomic E-state index is 0.371. The number of likely N-dealkylation sites (N-methyl/N-ethyl adjacent to an activating group) is 1. The average molecular weight is 215 g/mol. The predicted octanol–water partition coefficient (Wildman–Crippen LogP) is 1.86. The van der Waals surface area contributed by atoms with E-state index < -0.39 is 0 Å². The summed E-state index contributed by atoms with van der Waals surface area (Å²) in [6.07, 6.45) is 1.35. The van der Waals surface area contributed by atoms with Crippen molar-refractivity contribution in [1.29, 1.82) is 0 Å². The number of halogens is 1. The molecule has 0 bridgehead atoms. The fourth-order valence-electron chi connectivity index (χ4n) is 1.32. The van der Waals surface area contributed by atoms with Gasteiger partial charge in [0.05, 0.1) is 22.5 Å². The Morgan fingerprint density at radius 2 is 2.29 bits per heavy atom. The quantitative estimate of drug-likeness (QED) is 0.835. The second-order valence-corrected chi connectivity index (χ2v) is 3.84. The van der Waals surface area contributed by atoms with Crippen molar-refractivity contribution in [2.45, 2.75) is 20.0 Å². The van der Waals surface area contributed by atoms with Crippen LogP contribution in [0.1, 0.15) is 12.6 Å². The summed E-state index contributed by atoms with van der Waals surface area (Å²) in [5.74, 6) is 0. The number of aryl methyl sites for hydroxylation is 1. The Bertz CT molecular complexity index is 315. The largest absolute Gasteiger partial charge is 0.392 e. The molecule has 1 heterocycles. The molecular weight excluding hydrogens is 200 g/mol. The lowest BCUT2D eigenvalue weighted by Gasteiger charge is -2.22. The zero-order valence-corrected chi connectivity index (χ0v) is 9.41. The summed E-state index contributed by atoms with van der Waals surface area (Å²) in [6.45, 7) is 4.17. The molecule has 1 aromatic rings. The minimum Gasteiger partial charge on any atom is -0.392 e. The van der Waals surface area contributed by atoms with Crippen LogP contribution in [0.5, 0.6) is 0 Å². The van der Waals surface area contributed by atoms with E-state index in [1.807, 2.05) is 24.9 Å². The van der Waals surface area contributed by atoms with Crippen LogP contribution in [0.15, 0.2) is 12.3 Å². The molecule has 0 aliphatic rings. The Morgan fingerprint density at radius 1 is 1.64 bits per heavy atom. The third-order valence-electron chi connectivity index (χ3n) is 1.99. The van der Waals surface area contributed by atoms with Gasteiger partial charge < -0.3 is 10.0 Å². The van der Waals surface area contributed by atoms with E-state index in [9.17, 15) is 5.11 Å². The molecule has 1 rings (SSSR count). The van der Waals surface area contributed by atoms with Crippen molar-refractivity contribution in [2.75, 3.05) is 18.5 Å². The lowest BCUT2D eigenvalue weighted by molar-refractivity contribution is 0.201. The summed E-state index contributed by atoms with van der Waals surface area (Å²) in [7, 11) is 1.90. The van der Waals surface area contributed by atoms with Crippen LogP contribution in [0.4, 0.5) is 5.69 Å². The van der Waals surface area contributed by atoms with E-state index in [1.165, 1.54) is 0 Å². The van der Waals surface area contributed by atoms with Gasteiger partial charge in [-0.05, 0) is 19.9 Å². The summed E-state index contributed by atoms with van der Waals surface area (Å²) in [5, 5.41) is 9.89. The van der Waals surface area contributed by atoms with E-state index in [1.54, 1.807) is 13.1 Å². The van der Waals surface area contributed by atoms with Gasteiger partial charge in [-0.15, -0.1) is 0 Å². The van der Waals surface area contributed by atoms with Crippen molar-refractivity contribution in [1.82, 2.24) is 4.98 Å². The molecule has 0 radical (unpaired) electrons. The summed E-state index contributed by atoms with van der Waals surface area (Å²) in [5.41, 5.74) is 1.71. The smallest absolute Gasteiger partial charge is 0.0851 e. The number of hydrogen-bond donors (Lipinski definition) is 1. The normalized spacial score (nSPS) is 12.6. The fraction of sp³-hybridized carbons (Fsp3) is 0.500. The highest BCUT2D eigenvalue weighted by molar-refractivity contribution is 6.33. The maximum atomic E-state index is 9.24. The molecule has 0 aromatic carbocycles. The Labute approximate surface area is 89.3 Å². The first-order chi connectivity index (χ1) is 6.52. The van der Waals surface area contributed by atoms with Crippen molar-refractivity contribution in [3.8, 4) is 0 Å². The fourth-order valence-corrected chi connectivity index (χ4v) is 1.58. The van der Waals surface area contributed by atoms with Gasteiger partial charge >= 0.3 is 0 Å². The van der Waals surface area contributed by atoms with Gasteiger partial charge in [0, 0.05) is 19.8 Å². The van der Waals surface area contributed by atoms with Gasteiger partial charge in [-0.2, -0.15) is 0 Å². The number of hydrogen-bond acceptors (Lipinski definition) is 3. The van der Waals surface area contributed by atoms with Crippen molar-refractivity contribution in [3.05, 3.63) is 23.0 Å². The molecule has 0 fully saturated rings. The molecule has 4 heteroatoms. The highest BCUT2D eigenvalue weighted by Gasteiger charge is 2.09. The monoisotopic (exact) mass is 214 g/mol. The van der Waals surface area contributed by atoms with E-state index >= 15 is 0 Å². The Hall–Kier alpha value is -0.800. The molecular formula is C10H15ClN2O. The molecule has 1 unspecified atom stereocenters. The molecule has 14 heavy (non-hydrogen) atoms.